The average molecular weight is 257 g/mol. The monoisotopic (exact) mass is 257 g/mol. The van der Waals surface area contributed by atoms with Crippen molar-refractivity contribution in [1.82, 2.24) is 5.32 Å². The topological polar surface area (TPSA) is 75.6 Å². The molecule has 2 N–H and O–H groups in total. The molecular formula is C13H23NO4. The second-order valence-corrected chi connectivity index (χ2v) is 4.90. The smallest absolute Gasteiger partial charge is 0.328 e. The Balaban J connectivity index is 2.47. The maximum Gasteiger partial charge on any atom is 0.328 e. The van der Waals surface area contributed by atoms with E-state index in [1.165, 1.54) is 26.4 Å². The SMILES string of the molecule is COCC(NC(=O)C1CCCCCCC1)C(=O)O. The van der Waals surface area contributed by atoms with Gasteiger partial charge in [-0.05, 0) is 12.8 Å². The van der Waals surface area contributed by atoms with Crippen LogP contribution in [0.15, 0.2) is 0 Å². The van der Waals surface area contributed by atoms with E-state index in [9.17, 15) is 9.59 Å². The third-order valence-electron chi connectivity index (χ3n) is 3.42. The number of ether oxygens (including phenoxy) is 1. The first-order valence-corrected chi connectivity index (χ1v) is 6.67. The maximum absolute atomic E-state index is 12.0. The first-order valence-electron chi connectivity index (χ1n) is 6.67. The van der Waals surface area contributed by atoms with Gasteiger partial charge < -0.3 is 15.2 Å². The number of amides is 1. The van der Waals surface area contributed by atoms with Crippen LogP contribution in [0.5, 0.6) is 0 Å². The van der Waals surface area contributed by atoms with Crippen molar-refractivity contribution >= 4 is 11.9 Å². The van der Waals surface area contributed by atoms with Gasteiger partial charge in [-0.1, -0.05) is 32.1 Å². The summed E-state index contributed by atoms with van der Waals surface area (Å²) in [5.41, 5.74) is 0. The molecule has 1 aliphatic carbocycles. The van der Waals surface area contributed by atoms with Crippen LogP contribution in [0, 0.1) is 5.92 Å². The predicted octanol–water partition coefficient (Wildman–Crippen LogP) is 1.56. The largest absolute Gasteiger partial charge is 0.480 e. The zero-order chi connectivity index (χ0) is 13.4. The highest BCUT2D eigenvalue weighted by Crippen LogP contribution is 2.22. The van der Waals surface area contributed by atoms with E-state index in [1.54, 1.807) is 0 Å². The molecule has 0 radical (unpaired) electrons. The Bertz CT molecular complexity index is 272. The number of carboxylic acids is 1. The van der Waals surface area contributed by atoms with Crippen LogP contribution in [0.3, 0.4) is 0 Å². The molecule has 1 saturated carbocycles. The Hall–Kier alpha value is -1.10. The van der Waals surface area contributed by atoms with Gasteiger partial charge >= 0.3 is 5.97 Å². The maximum atomic E-state index is 12.0. The fraction of sp³-hybridized carbons (Fsp3) is 0.846. The van der Waals surface area contributed by atoms with Crippen LogP contribution in [-0.2, 0) is 14.3 Å². The number of carboxylic acid groups (broad SMARTS) is 1. The van der Waals surface area contributed by atoms with Crippen LogP contribution in [-0.4, -0.2) is 36.7 Å². The molecule has 0 saturated heterocycles. The highest BCUT2D eigenvalue weighted by Gasteiger charge is 2.25. The minimum atomic E-state index is -1.05. The average Bonchev–Trinajstić information content (AvgIpc) is 2.27. The number of hydrogen-bond acceptors (Lipinski definition) is 3. The molecule has 1 fully saturated rings. The van der Waals surface area contributed by atoms with Gasteiger partial charge in [0.05, 0.1) is 6.61 Å². The highest BCUT2D eigenvalue weighted by molar-refractivity contribution is 5.85. The molecule has 1 aliphatic rings. The minimum absolute atomic E-state index is 0.00773. The second kappa shape index (κ2) is 8.08. The zero-order valence-electron chi connectivity index (χ0n) is 11.0. The van der Waals surface area contributed by atoms with E-state index in [0.29, 0.717) is 0 Å². The quantitative estimate of drug-likeness (QED) is 0.783. The van der Waals surface area contributed by atoms with Crippen LogP contribution in [0.25, 0.3) is 0 Å². The third kappa shape index (κ3) is 5.04. The molecule has 0 bridgehead atoms. The van der Waals surface area contributed by atoms with Gasteiger partial charge in [-0.15, -0.1) is 0 Å². The van der Waals surface area contributed by atoms with Crippen molar-refractivity contribution in [1.29, 1.82) is 0 Å². The van der Waals surface area contributed by atoms with Gasteiger partial charge in [0.1, 0.15) is 0 Å². The fourth-order valence-corrected chi connectivity index (χ4v) is 2.35. The van der Waals surface area contributed by atoms with Gasteiger partial charge in [0.2, 0.25) is 5.91 Å². The van der Waals surface area contributed by atoms with Crippen molar-refractivity contribution in [2.75, 3.05) is 13.7 Å². The van der Waals surface area contributed by atoms with Gasteiger partial charge in [-0.3, -0.25) is 4.79 Å². The lowest BCUT2D eigenvalue weighted by molar-refractivity contribution is -0.144. The van der Waals surface area contributed by atoms with E-state index in [-0.39, 0.29) is 18.4 Å². The van der Waals surface area contributed by atoms with Crippen LogP contribution >= 0.6 is 0 Å². The van der Waals surface area contributed by atoms with Gasteiger partial charge in [-0.25, -0.2) is 4.79 Å². The lowest BCUT2D eigenvalue weighted by Crippen LogP contribution is -2.46. The van der Waals surface area contributed by atoms with Crippen LogP contribution in [0.1, 0.15) is 44.9 Å². The van der Waals surface area contributed by atoms with Crippen molar-refractivity contribution in [2.24, 2.45) is 5.92 Å². The molecule has 0 aromatic rings. The molecule has 1 amide bonds. The van der Waals surface area contributed by atoms with Gasteiger partial charge in [0, 0.05) is 13.0 Å². The van der Waals surface area contributed by atoms with E-state index in [0.717, 1.165) is 25.7 Å². The Morgan fingerprint density at radius 3 is 2.28 bits per heavy atom. The standard InChI is InChI=1S/C13H23NO4/c1-18-9-11(13(16)17)14-12(15)10-7-5-3-2-4-6-8-10/h10-11H,2-9H2,1H3,(H,14,15)(H,16,17). The number of carbonyl (C=O) groups excluding carboxylic acids is 1. The number of methoxy groups -OCH3 is 1. The number of rotatable bonds is 5. The summed E-state index contributed by atoms with van der Waals surface area (Å²) in [7, 11) is 1.43. The lowest BCUT2D eigenvalue weighted by Gasteiger charge is -2.21. The molecule has 1 rings (SSSR count). The Morgan fingerprint density at radius 2 is 1.78 bits per heavy atom. The minimum Gasteiger partial charge on any atom is -0.480 e. The number of carbonyl (C=O) groups is 2. The van der Waals surface area contributed by atoms with Gasteiger partial charge in [0.15, 0.2) is 6.04 Å². The molecule has 1 atom stereocenters. The molecule has 0 aliphatic heterocycles. The van der Waals surface area contributed by atoms with E-state index < -0.39 is 12.0 Å². The van der Waals surface area contributed by atoms with E-state index >= 15 is 0 Å². The summed E-state index contributed by atoms with van der Waals surface area (Å²) in [4.78, 5) is 23.0. The summed E-state index contributed by atoms with van der Waals surface area (Å²) in [5, 5.41) is 11.5. The normalized spacial score (nSPS) is 19.6. The summed E-state index contributed by atoms with van der Waals surface area (Å²) in [6.07, 6.45) is 7.43. The molecule has 18 heavy (non-hydrogen) atoms. The number of hydrogen-bond donors (Lipinski definition) is 2. The zero-order valence-corrected chi connectivity index (χ0v) is 11.0. The number of nitrogens with one attached hydrogen (secondary N) is 1. The van der Waals surface area contributed by atoms with Crippen molar-refractivity contribution in [2.45, 2.75) is 51.0 Å². The van der Waals surface area contributed by atoms with Crippen molar-refractivity contribution < 1.29 is 19.4 Å². The van der Waals surface area contributed by atoms with Crippen LogP contribution in [0.2, 0.25) is 0 Å². The molecule has 5 nitrogen and oxygen atoms in total. The van der Waals surface area contributed by atoms with Crippen LogP contribution in [0.4, 0.5) is 0 Å². The first kappa shape index (κ1) is 15.0. The predicted molar refractivity (Wildman–Crippen MR) is 67.3 cm³/mol. The summed E-state index contributed by atoms with van der Waals surface area (Å²) in [6.45, 7) is 0.00773. The molecule has 0 heterocycles. The summed E-state index contributed by atoms with van der Waals surface area (Å²) >= 11 is 0. The molecule has 0 aromatic carbocycles. The molecule has 104 valence electrons. The fourth-order valence-electron chi connectivity index (χ4n) is 2.35. The first-order chi connectivity index (χ1) is 8.65. The van der Waals surface area contributed by atoms with Gasteiger partial charge in [0.25, 0.3) is 0 Å². The molecule has 0 spiro atoms. The molecule has 5 heteroatoms. The van der Waals surface area contributed by atoms with Crippen LogP contribution < -0.4 is 5.32 Å². The summed E-state index contributed by atoms with van der Waals surface area (Å²) in [5.74, 6) is -1.22. The Morgan fingerprint density at radius 1 is 1.22 bits per heavy atom. The van der Waals surface area contributed by atoms with E-state index in [2.05, 4.69) is 5.32 Å². The van der Waals surface area contributed by atoms with Gasteiger partial charge in [-0.2, -0.15) is 0 Å². The lowest BCUT2D eigenvalue weighted by atomic mass is 9.90. The number of aliphatic carboxylic acids is 1. The van der Waals surface area contributed by atoms with Crippen molar-refractivity contribution in [3.05, 3.63) is 0 Å². The van der Waals surface area contributed by atoms with Crippen molar-refractivity contribution in [3.8, 4) is 0 Å². The summed E-state index contributed by atoms with van der Waals surface area (Å²) in [6, 6.07) is -0.937. The van der Waals surface area contributed by atoms with E-state index in [4.69, 9.17) is 9.84 Å². The van der Waals surface area contributed by atoms with E-state index in [1.807, 2.05) is 0 Å². The Kier molecular flexibility index (Phi) is 6.72. The second-order valence-electron chi connectivity index (χ2n) is 4.90. The summed E-state index contributed by atoms with van der Waals surface area (Å²) < 4.78 is 4.80. The molecular weight excluding hydrogens is 234 g/mol. The highest BCUT2D eigenvalue weighted by atomic mass is 16.5. The molecule has 1 unspecified atom stereocenters. The molecule has 0 aromatic heterocycles. The van der Waals surface area contributed by atoms with Crippen molar-refractivity contribution in [3.63, 3.8) is 0 Å². The Labute approximate surface area is 108 Å². The third-order valence-corrected chi connectivity index (χ3v) is 3.42.